The third kappa shape index (κ3) is 4.24. The lowest BCUT2D eigenvalue weighted by Gasteiger charge is -2.13. The Labute approximate surface area is 102 Å². The lowest BCUT2D eigenvalue weighted by molar-refractivity contribution is 0.262. The molecule has 1 aromatic rings. The van der Waals surface area contributed by atoms with Gasteiger partial charge in [0.1, 0.15) is 12.4 Å². The summed E-state index contributed by atoms with van der Waals surface area (Å²) in [5.41, 5.74) is 6.16. The molecule has 0 radical (unpaired) electrons. The first-order valence-corrected chi connectivity index (χ1v) is 7.07. The van der Waals surface area contributed by atoms with E-state index < -0.39 is 9.84 Å². The average Bonchev–Trinajstić information content (AvgIpc) is 2.18. The molecule has 0 aliphatic carbocycles. The largest absolute Gasteiger partial charge is 0.490 e. The Bertz CT molecular complexity index is 483. The number of hydrogen-bond acceptors (Lipinski definition) is 5. The molecule has 0 aliphatic heterocycles. The van der Waals surface area contributed by atoms with Crippen molar-refractivity contribution in [2.24, 2.45) is 0 Å². The summed E-state index contributed by atoms with van der Waals surface area (Å²) in [6.07, 6.45) is 1.15. The molecule has 96 valence electrons. The minimum atomic E-state index is -3.23. The predicted octanol–water partition coefficient (Wildman–Crippen LogP) is 0.613. The molecule has 0 saturated carbocycles. The van der Waals surface area contributed by atoms with Gasteiger partial charge in [-0.2, -0.15) is 0 Å². The molecule has 5 nitrogen and oxygen atoms in total. The van der Waals surface area contributed by atoms with E-state index in [0.29, 0.717) is 18.0 Å². The summed E-state index contributed by atoms with van der Waals surface area (Å²) < 4.78 is 28.2. The molecule has 1 rings (SSSR count). The average molecular weight is 258 g/mol. The van der Waals surface area contributed by atoms with Crippen LogP contribution in [0.15, 0.2) is 23.1 Å². The summed E-state index contributed by atoms with van der Waals surface area (Å²) in [4.78, 5) is 2.18. The second-order valence-electron chi connectivity index (χ2n) is 4.12. The Balaban J connectivity index is 2.84. The summed E-state index contributed by atoms with van der Waals surface area (Å²) in [6, 6.07) is 4.48. The van der Waals surface area contributed by atoms with Crippen LogP contribution in [-0.4, -0.2) is 46.8 Å². The van der Waals surface area contributed by atoms with Gasteiger partial charge in [0.25, 0.3) is 0 Å². The molecule has 0 saturated heterocycles. The van der Waals surface area contributed by atoms with Crippen molar-refractivity contribution in [1.29, 1.82) is 0 Å². The molecule has 0 heterocycles. The lowest BCUT2D eigenvalue weighted by Crippen LogP contribution is -2.19. The Hall–Kier alpha value is -1.27. The molecule has 0 aromatic heterocycles. The molecule has 0 amide bonds. The predicted molar refractivity (Wildman–Crippen MR) is 68.0 cm³/mol. The summed E-state index contributed by atoms with van der Waals surface area (Å²) in [5.74, 6) is 0.412. The third-order valence-corrected chi connectivity index (χ3v) is 3.32. The number of benzene rings is 1. The minimum Gasteiger partial charge on any atom is -0.490 e. The smallest absolute Gasteiger partial charge is 0.175 e. The van der Waals surface area contributed by atoms with E-state index in [4.69, 9.17) is 10.5 Å². The van der Waals surface area contributed by atoms with Crippen LogP contribution in [0, 0.1) is 0 Å². The molecule has 6 heteroatoms. The van der Waals surface area contributed by atoms with E-state index in [1.54, 1.807) is 6.07 Å². The highest BCUT2D eigenvalue weighted by Gasteiger charge is 2.10. The Kier molecular flexibility index (Phi) is 4.36. The van der Waals surface area contributed by atoms with E-state index in [1.165, 1.54) is 12.1 Å². The third-order valence-electron chi connectivity index (χ3n) is 2.21. The van der Waals surface area contributed by atoms with E-state index in [-0.39, 0.29) is 4.90 Å². The molecular weight excluding hydrogens is 240 g/mol. The molecule has 0 aliphatic rings. The Morgan fingerprint density at radius 1 is 1.35 bits per heavy atom. The maximum Gasteiger partial charge on any atom is 0.175 e. The summed E-state index contributed by atoms with van der Waals surface area (Å²) >= 11 is 0. The van der Waals surface area contributed by atoms with E-state index in [1.807, 2.05) is 19.0 Å². The van der Waals surface area contributed by atoms with Crippen molar-refractivity contribution in [3.63, 3.8) is 0 Å². The normalized spacial score (nSPS) is 11.8. The molecule has 17 heavy (non-hydrogen) atoms. The first kappa shape index (κ1) is 13.8. The van der Waals surface area contributed by atoms with Crippen LogP contribution in [0.1, 0.15) is 0 Å². The molecule has 1 aromatic carbocycles. The molecule has 0 spiro atoms. The number of likely N-dealkylation sites (N-methyl/N-ethyl adjacent to an activating group) is 1. The summed E-state index contributed by atoms with van der Waals surface area (Å²) in [7, 11) is 0.631. The van der Waals surface area contributed by atoms with Crippen LogP contribution in [-0.2, 0) is 9.84 Å². The van der Waals surface area contributed by atoms with E-state index >= 15 is 0 Å². The van der Waals surface area contributed by atoms with Gasteiger partial charge in [-0.1, -0.05) is 0 Å². The van der Waals surface area contributed by atoms with Gasteiger partial charge in [0.05, 0.1) is 10.6 Å². The van der Waals surface area contributed by atoms with Crippen molar-refractivity contribution >= 4 is 15.5 Å². The van der Waals surface area contributed by atoms with Crippen LogP contribution >= 0.6 is 0 Å². The SMILES string of the molecule is CN(C)CCOc1cc(S(C)(=O)=O)ccc1N. The number of anilines is 1. The maximum absolute atomic E-state index is 11.4. The Morgan fingerprint density at radius 3 is 2.53 bits per heavy atom. The van der Waals surface area contributed by atoms with Crippen LogP contribution in [0.4, 0.5) is 5.69 Å². The van der Waals surface area contributed by atoms with Gasteiger partial charge in [-0.15, -0.1) is 0 Å². The van der Waals surface area contributed by atoms with E-state index in [2.05, 4.69) is 0 Å². The zero-order chi connectivity index (χ0) is 13.1. The minimum absolute atomic E-state index is 0.214. The van der Waals surface area contributed by atoms with Gasteiger partial charge in [-0.3, -0.25) is 0 Å². The van der Waals surface area contributed by atoms with Crippen LogP contribution in [0.3, 0.4) is 0 Å². The number of nitrogens with two attached hydrogens (primary N) is 1. The number of nitrogen functional groups attached to an aromatic ring is 1. The standard InChI is InChI=1S/C11H18N2O3S/c1-13(2)6-7-16-11-8-9(17(3,14)15)4-5-10(11)12/h4-5,8H,6-7,12H2,1-3H3. The van der Waals surface area contributed by atoms with E-state index in [9.17, 15) is 8.42 Å². The zero-order valence-corrected chi connectivity index (χ0v) is 11.1. The van der Waals surface area contributed by atoms with Gasteiger partial charge >= 0.3 is 0 Å². The summed E-state index contributed by atoms with van der Waals surface area (Å²) in [5, 5.41) is 0. The van der Waals surface area contributed by atoms with Crippen molar-refractivity contribution < 1.29 is 13.2 Å². The van der Waals surface area contributed by atoms with Crippen LogP contribution in [0.2, 0.25) is 0 Å². The monoisotopic (exact) mass is 258 g/mol. The van der Waals surface area contributed by atoms with Crippen LogP contribution < -0.4 is 10.5 Å². The van der Waals surface area contributed by atoms with Crippen molar-refractivity contribution in [2.75, 3.05) is 39.2 Å². The molecule has 0 bridgehead atoms. The fraction of sp³-hybridized carbons (Fsp3) is 0.455. The quantitative estimate of drug-likeness (QED) is 0.784. The number of ether oxygens (including phenoxy) is 1. The molecule has 2 N–H and O–H groups in total. The van der Waals surface area contributed by atoms with Crippen molar-refractivity contribution in [2.45, 2.75) is 4.90 Å². The fourth-order valence-corrected chi connectivity index (χ4v) is 1.84. The lowest BCUT2D eigenvalue weighted by atomic mass is 10.3. The van der Waals surface area contributed by atoms with Crippen LogP contribution in [0.25, 0.3) is 0 Å². The van der Waals surface area contributed by atoms with Gasteiger partial charge in [-0.25, -0.2) is 8.42 Å². The van der Waals surface area contributed by atoms with Crippen LogP contribution in [0.5, 0.6) is 5.75 Å². The second-order valence-corrected chi connectivity index (χ2v) is 6.14. The highest BCUT2D eigenvalue weighted by molar-refractivity contribution is 7.90. The molecule has 0 atom stereocenters. The van der Waals surface area contributed by atoms with E-state index in [0.717, 1.165) is 12.8 Å². The maximum atomic E-state index is 11.4. The number of hydrogen-bond donors (Lipinski definition) is 1. The Morgan fingerprint density at radius 2 is 2.00 bits per heavy atom. The number of rotatable bonds is 5. The van der Waals surface area contributed by atoms with Gasteiger partial charge in [0, 0.05) is 18.9 Å². The molecule has 0 unspecified atom stereocenters. The second kappa shape index (κ2) is 5.37. The van der Waals surface area contributed by atoms with Crippen molar-refractivity contribution in [3.05, 3.63) is 18.2 Å². The first-order valence-electron chi connectivity index (χ1n) is 5.18. The first-order chi connectivity index (χ1) is 7.80. The number of sulfone groups is 1. The van der Waals surface area contributed by atoms with Crippen molar-refractivity contribution in [1.82, 2.24) is 4.90 Å². The molecule has 0 fully saturated rings. The zero-order valence-electron chi connectivity index (χ0n) is 10.3. The van der Waals surface area contributed by atoms with Gasteiger partial charge in [0.2, 0.25) is 0 Å². The highest BCUT2D eigenvalue weighted by atomic mass is 32.2. The van der Waals surface area contributed by atoms with Gasteiger partial charge in [0.15, 0.2) is 9.84 Å². The number of nitrogens with zero attached hydrogens (tertiary/aromatic N) is 1. The summed E-state index contributed by atoms with van der Waals surface area (Å²) in [6.45, 7) is 1.20. The van der Waals surface area contributed by atoms with Crippen molar-refractivity contribution in [3.8, 4) is 5.75 Å². The van der Waals surface area contributed by atoms with Gasteiger partial charge < -0.3 is 15.4 Å². The topological polar surface area (TPSA) is 72.6 Å². The molecular formula is C11H18N2O3S. The highest BCUT2D eigenvalue weighted by Crippen LogP contribution is 2.25. The fourth-order valence-electron chi connectivity index (χ4n) is 1.21. The van der Waals surface area contributed by atoms with Gasteiger partial charge in [-0.05, 0) is 26.2 Å².